The van der Waals surface area contributed by atoms with Crippen molar-refractivity contribution in [2.45, 2.75) is 25.8 Å². The van der Waals surface area contributed by atoms with Crippen molar-refractivity contribution >= 4 is 22.5 Å². The van der Waals surface area contributed by atoms with E-state index in [-0.39, 0.29) is 11.8 Å². The highest BCUT2D eigenvalue weighted by atomic mass is 16.5. The first kappa shape index (κ1) is 14.9. The standard InChI is InChI=1S/C17H21N3O2/c1-11-4-5-14(13-3-2-8-19-16(11)13)20-17(21)15(18)12-6-9-22-10-7-12/h2-5,8,12,15H,6-7,9-10,18H2,1H3,(H,20,21). The van der Waals surface area contributed by atoms with Gasteiger partial charge in [0.2, 0.25) is 5.91 Å². The third kappa shape index (κ3) is 2.96. The molecule has 1 amide bonds. The summed E-state index contributed by atoms with van der Waals surface area (Å²) < 4.78 is 5.32. The lowest BCUT2D eigenvalue weighted by atomic mass is 9.92. The number of ether oxygens (including phenoxy) is 1. The van der Waals surface area contributed by atoms with Crippen molar-refractivity contribution in [2.75, 3.05) is 18.5 Å². The molecule has 0 bridgehead atoms. The highest BCUT2D eigenvalue weighted by Crippen LogP contribution is 2.25. The Morgan fingerprint density at radius 1 is 1.36 bits per heavy atom. The molecular formula is C17H21N3O2. The van der Waals surface area contributed by atoms with Crippen molar-refractivity contribution in [2.24, 2.45) is 11.7 Å². The molecule has 2 aromatic rings. The molecule has 0 aliphatic carbocycles. The Hall–Kier alpha value is -1.98. The summed E-state index contributed by atoms with van der Waals surface area (Å²) >= 11 is 0. The van der Waals surface area contributed by atoms with Gasteiger partial charge in [-0.1, -0.05) is 6.07 Å². The van der Waals surface area contributed by atoms with Crippen LogP contribution >= 0.6 is 0 Å². The molecule has 3 rings (SSSR count). The summed E-state index contributed by atoms with van der Waals surface area (Å²) in [5.41, 5.74) is 8.88. The lowest BCUT2D eigenvalue weighted by Gasteiger charge is -2.26. The molecule has 5 heteroatoms. The number of nitrogens with two attached hydrogens (primary N) is 1. The highest BCUT2D eigenvalue weighted by Gasteiger charge is 2.26. The van der Waals surface area contributed by atoms with Crippen LogP contribution < -0.4 is 11.1 Å². The third-order valence-electron chi connectivity index (χ3n) is 4.31. The van der Waals surface area contributed by atoms with E-state index < -0.39 is 6.04 Å². The van der Waals surface area contributed by atoms with E-state index in [0.29, 0.717) is 13.2 Å². The Balaban J connectivity index is 1.80. The smallest absolute Gasteiger partial charge is 0.241 e. The normalized spacial score (nSPS) is 17.4. The van der Waals surface area contributed by atoms with Gasteiger partial charge in [0.25, 0.3) is 0 Å². The average molecular weight is 299 g/mol. The van der Waals surface area contributed by atoms with E-state index in [1.807, 2.05) is 31.2 Å². The summed E-state index contributed by atoms with van der Waals surface area (Å²) in [6.45, 7) is 3.38. The number of nitrogens with zero attached hydrogens (tertiary/aromatic N) is 1. The van der Waals surface area contributed by atoms with Crippen molar-refractivity contribution in [3.8, 4) is 0 Å². The number of pyridine rings is 1. The van der Waals surface area contributed by atoms with Crippen LogP contribution in [-0.2, 0) is 9.53 Å². The molecule has 116 valence electrons. The first-order valence-corrected chi connectivity index (χ1v) is 7.65. The fourth-order valence-electron chi connectivity index (χ4n) is 2.93. The Morgan fingerprint density at radius 2 is 2.14 bits per heavy atom. The molecule has 1 atom stereocenters. The van der Waals surface area contributed by atoms with Crippen LogP contribution in [0.4, 0.5) is 5.69 Å². The predicted octanol–water partition coefficient (Wildman–Crippen LogP) is 2.24. The van der Waals surface area contributed by atoms with Crippen LogP contribution in [0.2, 0.25) is 0 Å². The number of benzene rings is 1. The largest absolute Gasteiger partial charge is 0.381 e. The van der Waals surface area contributed by atoms with E-state index in [0.717, 1.165) is 35.0 Å². The molecule has 1 aromatic heterocycles. The maximum Gasteiger partial charge on any atom is 0.241 e. The zero-order chi connectivity index (χ0) is 15.5. The van der Waals surface area contributed by atoms with Crippen LogP contribution in [0.25, 0.3) is 10.9 Å². The number of fused-ring (bicyclic) bond motifs is 1. The van der Waals surface area contributed by atoms with E-state index in [4.69, 9.17) is 10.5 Å². The number of anilines is 1. The molecule has 1 saturated heterocycles. The second kappa shape index (κ2) is 6.42. The first-order valence-electron chi connectivity index (χ1n) is 7.65. The van der Waals surface area contributed by atoms with Crippen molar-refractivity contribution in [3.05, 3.63) is 36.0 Å². The van der Waals surface area contributed by atoms with Crippen LogP contribution in [-0.4, -0.2) is 30.1 Å². The quantitative estimate of drug-likeness (QED) is 0.911. The van der Waals surface area contributed by atoms with Crippen LogP contribution in [0.15, 0.2) is 30.5 Å². The minimum Gasteiger partial charge on any atom is -0.381 e. The summed E-state index contributed by atoms with van der Waals surface area (Å²) in [6.07, 6.45) is 3.43. The number of hydrogen-bond acceptors (Lipinski definition) is 4. The molecule has 5 nitrogen and oxygen atoms in total. The summed E-state index contributed by atoms with van der Waals surface area (Å²) in [5, 5.41) is 3.90. The topological polar surface area (TPSA) is 77.2 Å². The molecule has 1 unspecified atom stereocenters. The lowest BCUT2D eigenvalue weighted by Crippen LogP contribution is -2.44. The van der Waals surface area contributed by atoms with Gasteiger partial charge in [0.05, 0.1) is 17.2 Å². The average Bonchev–Trinajstić information content (AvgIpc) is 2.57. The summed E-state index contributed by atoms with van der Waals surface area (Å²) in [4.78, 5) is 16.8. The zero-order valence-corrected chi connectivity index (χ0v) is 12.7. The van der Waals surface area contributed by atoms with Gasteiger partial charge in [0.1, 0.15) is 0 Å². The maximum absolute atomic E-state index is 12.4. The highest BCUT2D eigenvalue weighted by molar-refractivity contribution is 6.03. The minimum absolute atomic E-state index is 0.138. The van der Waals surface area contributed by atoms with Crippen LogP contribution in [0.5, 0.6) is 0 Å². The van der Waals surface area contributed by atoms with E-state index in [1.165, 1.54) is 0 Å². The number of amides is 1. The Kier molecular flexibility index (Phi) is 4.36. The molecule has 0 saturated carbocycles. The summed E-state index contributed by atoms with van der Waals surface area (Å²) in [6, 6.07) is 7.21. The Bertz CT molecular complexity index is 681. The number of nitrogens with one attached hydrogen (secondary N) is 1. The second-order valence-corrected chi connectivity index (χ2v) is 5.79. The summed E-state index contributed by atoms with van der Waals surface area (Å²) in [5.74, 6) is 0.0458. The predicted molar refractivity (Wildman–Crippen MR) is 86.6 cm³/mol. The van der Waals surface area contributed by atoms with Crippen LogP contribution in [0, 0.1) is 12.8 Å². The van der Waals surface area contributed by atoms with Crippen LogP contribution in [0.3, 0.4) is 0 Å². The molecular weight excluding hydrogens is 278 g/mol. The lowest BCUT2D eigenvalue weighted by molar-refractivity contribution is -0.119. The van der Waals surface area contributed by atoms with E-state index in [1.54, 1.807) is 6.20 Å². The van der Waals surface area contributed by atoms with Crippen molar-refractivity contribution in [1.82, 2.24) is 4.98 Å². The molecule has 22 heavy (non-hydrogen) atoms. The van der Waals surface area contributed by atoms with E-state index in [9.17, 15) is 4.79 Å². The van der Waals surface area contributed by atoms with E-state index >= 15 is 0 Å². The fourth-order valence-corrected chi connectivity index (χ4v) is 2.93. The maximum atomic E-state index is 12.4. The van der Waals surface area contributed by atoms with E-state index in [2.05, 4.69) is 10.3 Å². The van der Waals surface area contributed by atoms with Gasteiger partial charge in [-0.2, -0.15) is 0 Å². The van der Waals surface area contributed by atoms with Gasteiger partial charge in [-0.3, -0.25) is 9.78 Å². The molecule has 1 fully saturated rings. The second-order valence-electron chi connectivity index (χ2n) is 5.79. The van der Waals surface area contributed by atoms with Gasteiger partial charge >= 0.3 is 0 Å². The monoisotopic (exact) mass is 299 g/mol. The SMILES string of the molecule is Cc1ccc(NC(=O)C(N)C2CCOCC2)c2cccnc12. The number of carbonyl (C=O) groups is 1. The summed E-state index contributed by atoms with van der Waals surface area (Å²) in [7, 11) is 0. The van der Waals surface area contributed by atoms with Gasteiger partial charge < -0.3 is 15.8 Å². The molecule has 0 spiro atoms. The molecule has 2 heterocycles. The third-order valence-corrected chi connectivity index (χ3v) is 4.31. The van der Waals surface area contributed by atoms with Crippen molar-refractivity contribution in [3.63, 3.8) is 0 Å². The van der Waals surface area contributed by atoms with Crippen molar-refractivity contribution < 1.29 is 9.53 Å². The minimum atomic E-state index is -0.503. The van der Waals surface area contributed by atoms with Gasteiger partial charge in [-0.05, 0) is 49.4 Å². The molecule has 3 N–H and O–H groups in total. The van der Waals surface area contributed by atoms with Gasteiger partial charge in [-0.15, -0.1) is 0 Å². The van der Waals surface area contributed by atoms with Crippen LogP contribution in [0.1, 0.15) is 18.4 Å². The molecule has 1 aromatic carbocycles. The Labute approximate surface area is 129 Å². The fraction of sp³-hybridized carbons (Fsp3) is 0.412. The molecule has 1 aliphatic rings. The first-order chi connectivity index (χ1) is 10.7. The molecule has 0 radical (unpaired) electrons. The number of rotatable bonds is 3. The number of carbonyl (C=O) groups excluding carboxylic acids is 1. The van der Waals surface area contributed by atoms with Gasteiger partial charge in [0.15, 0.2) is 0 Å². The Morgan fingerprint density at radius 3 is 2.91 bits per heavy atom. The van der Waals surface area contributed by atoms with Crippen molar-refractivity contribution in [1.29, 1.82) is 0 Å². The zero-order valence-electron chi connectivity index (χ0n) is 12.7. The van der Waals surface area contributed by atoms with Gasteiger partial charge in [-0.25, -0.2) is 0 Å². The number of hydrogen-bond donors (Lipinski definition) is 2. The number of aryl methyl sites for hydroxylation is 1. The number of aromatic nitrogens is 1. The molecule has 1 aliphatic heterocycles. The van der Waals surface area contributed by atoms with Gasteiger partial charge in [0, 0.05) is 24.8 Å².